The second-order valence-electron chi connectivity index (χ2n) is 2.61. The summed E-state index contributed by atoms with van der Waals surface area (Å²) in [4.78, 5) is 2.67. The SMILES string of the molecule is CC(C)(CO)C[OH+][O-]. The summed E-state index contributed by atoms with van der Waals surface area (Å²) in [6, 6.07) is 0. The summed E-state index contributed by atoms with van der Waals surface area (Å²) in [5.41, 5.74) is -0.332. The fourth-order valence-electron chi connectivity index (χ4n) is 0.225. The predicted molar refractivity (Wildman–Crippen MR) is 28.0 cm³/mol. The molecule has 2 N–H and O–H groups in total. The standard InChI is InChI=1S/C5H12O3/c1-5(2,3-6)4-8-7/h6,8H,3-4H2,1-2H3. The topological polar surface area (TPSA) is 56.1 Å². The van der Waals surface area contributed by atoms with Gasteiger partial charge in [0.25, 0.3) is 0 Å². The van der Waals surface area contributed by atoms with E-state index in [0.717, 1.165) is 0 Å². The molecule has 0 fully saturated rings. The fourth-order valence-corrected chi connectivity index (χ4v) is 0.225. The van der Waals surface area contributed by atoms with Crippen molar-refractivity contribution in [3.63, 3.8) is 0 Å². The summed E-state index contributed by atoms with van der Waals surface area (Å²) in [7, 11) is 0. The molecular weight excluding hydrogens is 108 g/mol. The highest BCUT2D eigenvalue weighted by molar-refractivity contribution is 4.63. The number of aliphatic hydroxyl groups excluding tert-OH is 1. The van der Waals surface area contributed by atoms with Crippen LogP contribution in [0.2, 0.25) is 0 Å². The third kappa shape index (κ3) is 2.96. The van der Waals surface area contributed by atoms with Crippen LogP contribution >= 0.6 is 0 Å². The van der Waals surface area contributed by atoms with Gasteiger partial charge < -0.3 is 15.3 Å². The average molecular weight is 120 g/mol. The molecule has 0 spiro atoms. The largest absolute Gasteiger partial charge is 0.535 e. The normalized spacial score (nSPS) is 12.0. The summed E-state index contributed by atoms with van der Waals surface area (Å²) in [5.74, 6) is 0. The van der Waals surface area contributed by atoms with Gasteiger partial charge in [0.05, 0.1) is 12.0 Å². The Hall–Kier alpha value is -0.120. The minimum absolute atomic E-state index is 0.0126. The van der Waals surface area contributed by atoms with E-state index in [-0.39, 0.29) is 18.6 Å². The number of hydrogen-bond donors (Lipinski definition) is 1. The molecule has 0 amide bonds. The number of rotatable bonds is 3. The minimum atomic E-state index is -0.332. The van der Waals surface area contributed by atoms with Crippen molar-refractivity contribution in [3.8, 4) is 0 Å². The Bertz CT molecular complexity index is 60.7. The molecule has 0 aromatic carbocycles. The van der Waals surface area contributed by atoms with Gasteiger partial charge in [0.1, 0.15) is 0 Å². The fraction of sp³-hybridized carbons (Fsp3) is 1.00. The van der Waals surface area contributed by atoms with Crippen molar-refractivity contribution in [2.45, 2.75) is 13.8 Å². The van der Waals surface area contributed by atoms with Crippen LogP contribution in [0.25, 0.3) is 0 Å². The highest BCUT2D eigenvalue weighted by atomic mass is 17.1. The Morgan fingerprint density at radius 1 is 1.62 bits per heavy atom. The maximum absolute atomic E-state index is 9.62. The molecule has 0 aliphatic carbocycles. The molecule has 0 saturated carbocycles. The lowest BCUT2D eigenvalue weighted by Crippen LogP contribution is -2.29. The molecule has 0 rings (SSSR count). The first kappa shape index (κ1) is 7.88. The third-order valence-electron chi connectivity index (χ3n) is 0.921. The van der Waals surface area contributed by atoms with E-state index in [2.05, 4.69) is 4.89 Å². The van der Waals surface area contributed by atoms with E-state index in [0.29, 0.717) is 0 Å². The number of aliphatic hydroxyl groups is 2. The summed E-state index contributed by atoms with van der Waals surface area (Å²) in [6.07, 6.45) is 0. The van der Waals surface area contributed by atoms with Gasteiger partial charge in [-0.25, -0.2) is 0 Å². The van der Waals surface area contributed by atoms with Crippen LogP contribution in [0.4, 0.5) is 0 Å². The minimum Gasteiger partial charge on any atom is -0.535 e. The van der Waals surface area contributed by atoms with Crippen LogP contribution < -0.4 is 5.26 Å². The second kappa shape index (κ2) is 3.02. The van der Waals surface area contributed by atoms with E-state index < -0.39 is 0 Å². The Labute approximate surface area is 48.8 Å². The summed E-state index contributed by atoms with van der Waals surface area (Å²) < 4.78 is 0. The van der Waals surface area contributed by atoms with Crippen LogP contribution in [0.5, 0.6) is 0 Å². The predicted octanol–water partition coefficient (Wildman–Crippen LogP) is -1.19. The molecule has 0 unspecified atom stereocenters. The Morgan fingerprint density at radius 3 is 2.25 bits per heavy atom. The van der Waals surface area contributed by atoms with Crippen molar-refractivity contribution < 1.29 is 15.3 Å². The molecule has 0 atom stereocenters. The van der Waals surface area contributed by atoms with E-state index in [1.54, 1.807) is 13.8 Å². The molecule has 0 radical (unpaired) electrons. The molecular formula is C5H12O3. The maximum Gasteiger partial charge on any atom is 0.157 e. The second-order valence-corrected chi connectivity index (χ2v) is 2.61. The van der Waals surface area contributed by atoms with Crippen molar-refractivity contribution in [2.75, 3.05) is 13.2 Å². The molecule has 0 aromatic rings. The Kier molecular flexibility index (Phi) is 2.97. The van der Waals surface area contributed by atoms with Gasteiger partial charge in [-0.3, -0.25) is 0 Å². The molecule has 8 heavy (non-hydrogen) atoms. The van der Waals surface area contributed by atoms with Gasteiger partial charge in [-0.05, 0) is 0 Å². The van der Waals surface area contributed by atoms with Crippen LogP contribution in [-0.2, 0) is 0 Å². The van der Waals surface area contributed by atoms with Crippen molar-refractivity contribution in [3.05, 3.63) is 0 Å². The van der Waals surface area contributed by atoms with Crippen LogP contribution in [-0.4, -0.2) is 23.2 Å². The average Bonchev–Trinajstić information content (AvgIpc) is 1.67. The molecule has 3 nitrogen and oxygen atoms in total. The van der Waals surface area contributed by atoms with Gasteiger partial charge >= 0.3 is 0 Å². The first-order valence-electron chi connectivity index (χ1n) is 2.52. The van der Waals surface area contributed by atoms with Crippen molar-refractivity contribution in [1.82, 2.24) is 0 Å². The first-order chi connectivity index (χ1) is 3.62. The van der Waals surface area contributed by atoms with E-state index in [4.69, 9.17) is 5.11 Å². The molecule has 0 aromatic heterocycles. The van der Waals surface area contributed by atoms with Gasteiger partial charge in [0.15, 0.2) is 6.61 Å². The zero-order chi connectivity index (χ0) is 6.62. The van der Waals surface area contributed by atoms with Crippen molar-refractivity contribution in [1.29, 1.82) is 0 Å². The zero-order valence-corrected chi connectivity index (χ0v) is 5.22. The van der Waals surface area contributed by atoms with Gasteiger partial charge in [0, 0.05) is 0 Å². The summed E-state index contributed by atoms with van der Waals surface area (Å²) in [6.45, 7) is 3.77. The lowest BCUT2D eigenvalue weighted by molar-refractivity contribution is -0.780. The van der Waals surface area contributed by atoms with Gasteiger partial charge in [-0.2, -0.15) is 0 Å². The monoisotopic (exact) mass is 120 g/mol. The summed E-state index contributed by atoms with van der Waals surface area (Å²) >= 11 is 0. The van der Waals surface area contributed by atoms with E-state index in [9.17, 15) is 5.26 Å². The van der Waals surface area contributed by atoms with Crippen molar-refractivity contribution in [2.24, 2.45) is 5.41 Å². The lowest BCUT2D eigenvalue weighted by Gasteiger charge is -2.17. The molecule has 50 valence electrons. The Morgan fingerprint density at radius 2 is 2.12 bits per heavy atom. The molecule has 0 aliphatic heterocycles. The summed E-state index contributed by atoms with van der Waals surface area (Å²) in [5, 5.41) is 18.1. The van der Waals surface area contributed by atoms with E-state index in [1.165, 1.54) is 0 Å². The van der Waals surface area contributed by atoms with Gasteiger partial charge in [-0.1, -0.05) is 13.8 Å². The van der Waals surface area contributed by atoms with Crippen molar-refractivity contribution >= 4 is 0 Å². The highest BCUT2D eigenvalue weighted by Gasteiger charge is 2.18. The molecule has 0 bridgehead atoms. The molecule has 3 heteroatoms. The van der Waals surface area contributed by atoms with Crippen LogP contribution in [0.1, 0.15) is 13.8 Å². The number of hydrogen-bond acceptors (Lipinski definition) is 2. The Balaban J connectivity index is 3.37. The quantitative estimate of drug-likeness (QED) is 0.289. The van der Waals surface area contributed by atoms with Crippen LogP contribution in [0.3, 0.4) is 0 Å². The third-order valence-corrected chi connectivity index (χ3v) is 0.921. The molecule has 0 heterocycles. The van der Waals surface area contributed by atoms with Gasteiger partial charge in [0.2, 0.25) is 0 Å². The van der Waals surface area contributed by atoms with Gasteiger partial charge in [-0.15, -0.1) is 0 Å². The maximum atomic E-state index is 9.62. The smallest absolute Gasteiger partial charge is 0.157 e. The zero-order valence-electron chi connectivity index (χ0n) is 5.22. The van der Waals surface area contributed by atoms with E-state index >= 15 is 0 Å². The highest BCUT2D eigenvalue weighted by Crippen LogP contribution is 2.10. The van der Waals surface area contributed by atoms with E-state index in [1.807, 2.05) is 0 Å². The lowest BCUT2D eigenvalue weighted by atomic mass is 9.97. The first-order valence-corrected chi connectivity index (χ1v) is 2.52. The van der Waals surface area contributed by atoms with Crippen LogP contribution in [0.15, 0.2) is 0 Å². The van der Waals surface area contributed by atoms with Crippen LogP contribution in [0, 0.1) is 5.41 Å². The molecule has 0 saturated heterocycles. The molecule has 0 aliphatic rings.